The number of aryl methyl sites for hydroxylation is 2. The van der Waals surface area contributed by atoms with E-state index in [4.69, 9.17) is 0 Å². The first kappa shape index (κ1) is 13.6. The Morgan fingerprint density at radius 3 is 2.82 bits per heavy atom. The van der Waals surface area contributed by atoms with Gasteiger partial charge < -0.3 is 9.88 Å². The Morgan fingerprint density at radius 2 is 1.95 bits per heavy atom. The minimum absolute atomic E-state index is 0.560. The standard InChI is InChI=1S/C20H22N2/c1-15-7-10-20-17(11-15)12-19-9-8-18(14-22(19)20)21-13-16-5-3-2-4-6-16/h2-7,10-12,18,21H,8-9,13-14H2,1H3. The molecule has 1 aliphatic rings. The molecule has 0 amide bonds. The maximum atomic E-state index is 3.72. The molecule has 2 aromatic carbocycles. The molecule has 1 unspecified atom stereocenters. The first-order valence-corrected chi connectivity index (χ1v) is 8.16. The number of rotatable bonds is 3. The van der Waals surface area contributed by atoms with E-state index in [2.05, 4.69) is 71.4 Å². The molecule has 22 heavy (non-hydrogen) atoms. The number of hydrogen-bond acceptors (Lipinski definition) is 1. The van der Waals surface area contributed by atoms with Gasteiger partial charge in [0.2, 0.25) is 0 Å². The van der Waals surface area contributed by atoms with Crippen molar-refractivity contribution in [1.82, 2.24) is 9.88 Å². The summed E-state index contributed by atoms with van der Waals surface area (Å²) in [5.41, 5.74) is 5.57. The van der Waals surface area contributed by atoms with Crippen LogP contribution in [0, 0.1) is 6.92 Å². The third kappa shape index (κ3) is 2.55. The molecule has 0 aliphatic carbocycles. The highest BCUT2D eigenvalue weighted by Gasteiger charge is 2.20. The second kappa shape index (κ2) is 5.62. The third-order valence-corrected chi connectivity index (χ3v) is 4.73. The monoisotopic (exact) mass is 290 g/mol. The summed E-state index contributed by atoms with van der Waals surface area (Å²) in [6.45, 7) is 4.20. The lowest BCUT2D eigenvalue weighted by Gasteiger charge is -2.26. The zero-order valence-electron chi connectivity index (χ0n) is 13.0. The summed E-state index contributed by atoms with van der Waals surface area (Å²) in [5.74, 6) is 0. The average molecular weight is 290 g/mol. The van der Waals surface area contributed by atoms with Gasteiger partial charge in [0.05, 0.1) is 0 Å². The van der Waals surface area contributed by atoms with E-state index in [1.807, 2.05) is 0 Å². The molecule has 1 aliphatic heterocycles. The van der Waals surface area contributed by atoms with Crippen LogP contribution in [-0.4, -0.2) is 10.6 Å². The van der Waals surface area contributed by atoms with Crippen molar-refractivity contribution < 1.29 is 0 Å². The maximum Gasteiger partial charge on any atom is 0.0483 e. The molecule has 0 saturated carbocycles. The number of nitrogens with one attached hydrogen (secondary N) is 1. The van der Waals surface area contributed by atoms with E-state index in [-0.39, 0.29) is 0 Å². The molecule has 3 aromatic rings. The van der Waals surface area contributed by atoms with Gasteiger partial charge in [-0.25, -0.2) is 0 Å². The van der Waals surface area contributed by atoms with E-state index in [1.54, 1.807) is 0 Å². The zero-order chi connectivity index (χ0) is 14.9. The molecule has 0 saturated heterocycles. The summed E-state index contributed by atoms with van der Waals surface area (Å²) in [6, 6.07) is 20.4. The number of nitrogens with zero attached hydrogens (tertiary/aromatic N) is 1. The van der Waals surface area contributed by atoms with Crippen molar-refractivity contribution in [3.05, 3.63) is 71.4 Å². The number of hydrogen-bond donors (Lipinski definition) is 1. The molecule has 2 heteroatoms. The summed E-state index contributed by atoms with van der Waals surface area (Å²) in [7, 11) is 0. The van der Waals surface area contributed by atoms with Gasteiger partial charge >= 0.3 is 0 Å². The lowest BCUT2D eigenvalue weighted by molar-refractivity contribution is 0.389. The van der Waals surface area contributed by atoms with E-state index in [0.717, 1.165) is 13.1 Å². The molecular formula is C20H22N2. The smallest absolute Gasteiger partial charge is 0.0483 e. The van der Waals surface area contributed by atoms with Gasteiger partial charge in [-0.3, -0.25) is 0 Å². The lowest BCUT2D eigenvalue weighted by atomic mass is 10.0. The van der Waals surface area contributed by atoms with Gasteiger partial charge in [0.25, 0.3) is 0 Å². The quantitative estimate of drug-likeness (QED) is 0.770. The molecule has 2 nitrogen and oxygen atoms in total. The highest BCUT2D eigenvalue weighted by Crippen LogP contribution is 2.26. The minimum Gasteiger partial charge on any atom is -0.343 e. The van der Waals surface area contributed by atoms with Crippen LogP contribution in [0.15, 0.2) is 54.6 Å². The highest BCUT2D eigenvalue weighted by molar-refractivity contribution is 5.82. The number of benzene rings is 2. The van der Waals surface area contributed by atoms with Crippen LogP contribution < -0.4 is 5.32 Å². The SMILES string of the molecule is Cc1ccc2c(c1)cc1n2CC(NCc2ccccc2)CC1. The van der Waals surface area contributed by atoms with Crippen molar-refractivity contribution in [3.63, 3.8) is 0 Å². The van der Waals surface area contributed by atoms with Gasteiger partial charge in [0.15, 0.2) is 0 Å². The van der Waals surface area contributed by atoms with Crippen molar-refractivity contribution in [3.8, 4) is 0 Å². The Bertz CT molecular complexity index is 786. The summed E-state index contributed by atoms with van der Waals surface area (Å²) < 4.78 is 2.50. The summed E-state index contributed by atoms with van der Waals surface area (Å²) in [4.78, 5) is 0. The Kier molecular flexibility index (Phi) is 3.47. The lowest BCUT2D eigenvalue weighted by Crippen LogP contribution is -2.36. The molecular weight excluding hydrogens is 268 g/mol. The van der Waals surface area contributed by atoms with Crippen LogP contribution >= 0.6 is 0 Å². The average Bonchev–Trinajstić information content (AvgIpc) is 2.90. The second-order valence-corrected chi connectivity index (χ2v) is 6.41. The van der Waals surface area contributed by atoms with Crippen LogP contribution in [0.2, 0.25) is 0 Å². The maximum absolute atomic E-state index is 3.72. The van der Waals surface area contributed by atoms with Gasteiger partial charge in [-0.15, -0.1) is 0 Å². The number of aromatic nitrogens is 1. The van der Waals surface area contributed by atoms with Crippen molar-refractivity contribution in [2.45, 2.75) is 38.9 Å². The fourth-order valence-electron chi connectivity index (χ4n) is 3.53. The molecule has 0 bridgehead atoms. The third-order valence-electron chi connectivity index (χ3n) is 4.73. The molecule has 1 N–H and O–H groups in total. The molecule has 112 valence electrons. The van der Waals surface area contributed by atoms with Crippen LogP contribution in [0.25, 0.3) is 10.9 Å². The Morgan fingerprint density at radius 1 is 1.09 bits per heavy atom. The van der Waals surface area contributed by atoms with E-state index in [9.17, 15) is 0 Å². The highest BCUT2D eigenvalue weighted by atomic mass is 15.1. The van der Waals surface area contributed by atoms with Crippen LogP contribution in [-0.2, 0) is 19.5 Å². The molecule has 1 aromatic heterocycles. The first-order valence-electron chi connectivity index (χ1n) is 8.16. The predicted octanol–water partition coefficient (Wildman–Crippen LogP) is 4.05. The Balaban J connectivity index is 1.52. The fourth-order valence-corrected chi connectivity index (χ4v) is 3.53. The second-order valence-electron chi connectivity index (χ2n) is 6.41. The molecule has 1 atom stereocenters. The largest absolute Gasteiger partial charge is 0.343 e. The summed E-state index contributed by atoms with van der Waals surface area (Å²) >= 11 is 0. The molecule has 4 rings (SSSR count). The Labute approximate surface area is 131 Å². The van der Waals surface area contributed by atoms with Gasteiger partial charge in [0.1, 0.15) is 0 Å². The molecule has 0 spiro atoms. The normalized spacial score (nSPS) is 17.6. The van der Waals surface area contributed by atoms with E-state index in [1.165, 1.54) is 40.6 Å². The van der Waals surface area contributed by atoms with Gasteiger partial charge in [-0.05, 0) is 43.5 Å². The fraction of sp³-hybridized carbons (Fsp3) is 0.300. The van der Waals surface area contributed by atoms with Crippen LogP contribution in [0.1, 0.15) is 23.2 Å². The molecule has 2 heterocycles. The first-order chi connectivity index (χ1) is 10.8. The van der Waals surface area contributed by atoms with Gasteiger partial charge in [0, 0.05) is 35.7 Å². The summed E-state index contributed by atoms with van der Waals surface area (Å²) in [5, 5.41) is 5.11. The topological polar surface area (TPSA) is 17.0 Å². The van der Waals surface area contributed by atoms with Crippen LogP contribution in [0.5, 0.6) is 0 Å². The van der Waals surface area contributed by atoms with Gasteiger partial charge in [-0.1, -0.05) is 42.0 Å². The summed E-state index contributed by atoms with van der Waals surface area (Å²) in [6.07, 6.45) is 2.39. The van der Waals surface area contributed by atoms with E-state index < -0.39 is 0 Å². The number of fused-ring (bicyclic) bond motifs is 3. The van der Waals surface area contributed by atoms with Crippen LogP contribution in [0.3, 0.4) is 0 Å². The Hall–Kier alpha value is -2.06. The van der Waals surface area contributed by atoms with Crippen molar-refractivity contribution in [2.24, 2.45) is 0 Å². The van der Waals surface area contributed by atoms with Crippen molar-refractivity contribution in [2.75, 3.05) is 0 Å². The van der Waals surface area contributed by atoms with Crippen molar-refractivity contribution >= 4 is 10.9 Å². The zero-order valence-corrected chi connectivity index (χ0v) is 13.0. The van der Waals surface area contributed by atoms with Crippen LogP contribution in [0.4, 0.5) is 0 Å². The van der Waals surface area contributed by atoms with Gasteiger partial charge in [-0.2, -0.15) is 0 Å². The van der Waals surface area contributed by atoms with E-state index in [0.29, 0.717) is 6.04 Å². The molecule has 0 radical (unpaired) electrons. The predicted molar refractivity (Wildman–Crippen MR) is 92.1 cm³/mol. The minimum atomic E-state index is 0.560. The van der Waals surface area contributed by atoms with Crippen molar-refractivity contribution in [1.29, 1.82) is 0 Å². The molecule has 0 fully saturated rings. The van der Waals surface area contributed by atoms with E-state index >= 15 is 0 Å².